The lowest BCUT2D eigenvalue weighted by molar-refractivity contribution is -0.156. The molecule has 2 saturated heterocycles. The predicted molar refractivity (Wildman–Crippen MR) is 153 cm³/mol. The molecule has 0 bridgehead atoms. The lowest BCUT2D eigenvalue weighted by Gasteiger charge is -2.36. The number of nitrogens with one attached hydrogen (secondary N) is 2. The number of aryl methyl sites for hydroxylation is 1. The average molecular weight is 614 g/mol. The molecular formula is C29H35N5O8S. The van der Waals surface area contributed by atoms with Gasteiger partial charge in [-0.15, -0.1) is 11.3 Å². The third-order valence-corrected chi connectivity index (χ3v) is 9.60. The van der Waals surface area contributed by atoms with Crippen LogP contribution in [0.5, 0.6) is 0 Å². The fourth-order valence-electron chi connectivity index (χ4n) is 6.61. The third kappa shape index (κ3) is 6.28. The summed E-state index contributed by atoms with van der Waals surface area (Å²) < 4.78 is 1.64. The fraction of sp³-hybridized carbons (Fsp3) is 0.517. The Morgan fingerprint density at radius 2 is 1.33 bits per heavy atom. The highest BCUT2D eigenvalue weighted by Crippen LogP contribution is 2.36. The Kier molecular flexibility index (Phi) is 8.85. The highest BCUT2D eigenvalue weighted by atomic mass is 32.1. The standard InChI is InChI=1S/C29H35N5O8S/c1-32-10-4-8-20(32)24(35)30-16-12-21(28(39)40)33(14-16)26(37)18-6-2-3-7-19(18)27(38)34-15-17(13-22(34)29(41)42)31-25(36)23-9-5-11-43-23/h4-5,8-11,16-19,21-22H,2-3,6-7,12-15H2,1H3,(H,30,35)(H,31,36)(H,39,40)(H,41,42)/t16-,17-,18-,19+,21-,22-/m0/s1. The number of rotatable bonds is 8. The van der Waals surface area contributed by atoms with E-state index in [1.165, 1.54) is 21.1 Å². The maximum atomic E-state index is 13.9. The second kappa shape index (κ2) is 12.6. The number of thiophene rings is 1. The second-order valence-electron chi connectivity index (χ2n) is 11.5. The SMILES string of the molecule is Cn1cccc1C(=O)N[C@H]1C[C@@H](C(=O)O)N(C(=O)[C@H]2CCCC[C@H]2C(=O)N2C[C@@H](NC(=O)c3cccs3)C[C@H]2C(=O)O)C1. The van der Waals surface area contributed by atoms with Gasteiger partial charge in [0.15, 0.2) is 0 Å². The minimum Gasteiger partial charge on any atom is -0.480 e. The third-order valence-electron chi connectivity index (χ3n) is 8.73. The van der Waals surface area contributed by atoms with Crippen LogP contribution in [0.2, 0.25) is 0 Å². The summed E-state index contributed by atoms with van der Waals surface area (Å²) in [6, 6.07) is 3.27. The molecule has 4 N–H and O–H groups in total. The van der Waals surface area contributed by atoms with Crippen LogP contribution in [-0.4, -0.2) is 97.4 Å². The van der Waals surface area contributed by atoms with Gasteiger partial charge in [0.1, 0.15) is 17.8 Å². The summed E-state index contributed by atoms with van der Waals surface area (Å²) in [5, 5.41) is 27.3. The number of likely N-dealkylation sites (tertiary alicyclic amines) is 2. The number of hydrogen-bond donors (Lipinski definition) is 4. The molecule has 0 spiro atoms. The van der Waals surface area contributed by atoms with Gasteiger partial charge in [0.2, 0.25) is 11.8 Å². The van der Waals surface area contributed by atoms with Crippen molar-refractivity contribution in [2.45, 2.75) is 62.7 Å². The molecule has 2 aromatic heterocycles. The van der Waals surface area contributed by atoms with E-state index in [1.807, 2.05) is 0 Å². The first-order chi connectivity index (χ1) is 20.5. The van der Waals surface area contributed by atoms with E-state index in [9.17, 15) is 39.0 Å². The van der Waals surface area contributed by atoms with Gasteiger partial charge < -0.3 is 35.2 Å². The highest BCUT2D eigenvalue weighted by Gasteiger charge is 2.49. The van der Waals surface area contributed by atoms with Gasteiger partial charge in [-0.2, -0.15) is 0 Å². The van der Waals surface area contributed by atoms with E-state index in [-0.39, 0.29) is 37.7 Å². The minimum atomic E-state index is -1.20. The van der Waals surface area contributed by atoms with Crippen molar-refractivity contribution in [3.05, 3.63) is 46.4 Å². The van der Waals surface area contributed by atoms with Crippen LogP contribution in [0.4, 0.5) is 0 Å². The Bertz CT molecular complexity index is 1410. The molecule has 230 valence electrons. The number of carbonyl (C=O) groups excluding carboxylic acids is 4. The van der Waals surface area contributed by atoms with Crippen LogP contribution in [0.3, 0.4) is 0 Å². The van der Waals surface area contributed by atoms with Gasteiger partial charge in [0.25, 0.3) is 11.8 Å². The maximum absolute atomic E-state index is 13.9. The lowest BCUT2D eigenvalue weighted by atomic mass is 9.77. The van der Waals surface area contributed by atoms with Crippen LogP contribution in [0.25, 0.3) is 0 Å². The summed E-state index contributed by atoms with van der Waals surface area (Å²) in [4.78, 5) is 80.5. The number of aliphatic carboxylic acids is 2. The van der Waals surface area contributed by atoms with Crippen molar-refractivity contribution in [2.24, 2.45) is 18.9 Å². The van der Waals surface area contributed by atoms with Crippen molar-refractivity contribution in [1.29, 1.82) is 0 Å². The van der Waals surface area contributed by atoms with Crippen LogP contribution in [0, 0.1) is 11.8 Å². The maximum Gasteiger partial charge on any atom is 0.326 e. The lowest BCUT2D eigenvalue weighted by Crippen LogP contribution is -2.51. The molecule has 3 aliphatic rings. The quantitative estimate of drug-likeness (QED) is 0.343. The zero-order chi connectivity index (χ0) is 30.8. The van der Waals surface area contributed by atoms with E-state index in [2.05, 4.69) is 10.6 Å². The number of carbonyl (C=O) groups is 6. The summed E-state index contributed by atoms with van der Waals surface area (Å²) >= 11 is 1.25. The van der Waals surface area contributed by atoms with E-state index >= 15 is 0 Å². The van der Waals surface area contributed by atoms with E-state index in [0.29, 0.717) is 36.3 Å². The normalized spacial score (nSPS) is 27.1. The first-order valence-electron chi connectivity index (χ1n) is 14.4. The zero-order valence-corrected chi connectivity index (χ0v) is 24.5. The van der Waals surface area contributed by atoms with Gasteiger partial charge in [-0.25, -0.2) is 9.59 Å². The summed E-state index contributed by atoms with van der Waals surface area (Å²) in [7, 11) is 1.72. The Balaban J connectivity index is 1.30. The minimum absolute atomic E-state index is 0.000941. The predicted octanol–water partition coefficient (Wildman–Crippen LogP) is 1.16. The summed E-state index contributed by atoms with van der Waals surface area (Å²) in [5.41, 5.74) is 0.401. The summed E-state index contributed by atoms with van der Waals surface area (Å²) in [5.74, 6) is -5.70. The molecule has 0 radical (unpaired) electrons. The first kappa shape index (κ1) is 30.3. The topological polar surface area (TPSA) is 178 Å². The molecule has 4 amide bonds. The molecule has 0 aromatic carbocycles. The van der Waals surface area contributed by atoms with E-state index in [4.69, 9.17) is 0 Å². The number of carboxylic acids is 2. The Morgan fingerprint density at radius 3 is 1.77 bits per heavy atom. The van der Waals surface area contributed by atoms with Crippen LogP contribution >= 0.6 is 11.3 Å². The molecule has 2 aliphatic heterocycles. The molecular weight excluding hydrogens is 578 g/mol. The van der Waals surface area contributed by atoms with E-state index in [0.717, 1.165) is 0 Å². The molecule has 4 heterocycles. The van der Waals surface area contributed by atoms with Crippen molar-refractivity contribution in [3.8, 4) is 0 Å². The smallest absolute Gasteiger partial charge is 0.326 e. The van der Waals surface area contributed by atoms with Crippen LogP contribution in [0.1, 0.15) is 58.7 Å². The van der Waals surface area contributed by atoms with Gasteiger partial charge in [-0.3, -0.25) is 19.2 Å². The Morgan fingerprint density at radius 1 is 0.791 bits per heavy atom. The number of aromatic nitrogens is 1. The highest BCUT2D eigenvalue weighted by molar-refractivity contribution is 7.12. The van der Waals surface area contributed by atoms with E-state index in [1.54, 1.807) is 47.5 Å². The molecule has 1 saturated carbocycles. The van der Waals surface area contributed by atoms with Crippen LogP contribution in [-0.2, 0) is 26.2 Å². The van der Waals surface area contributed by atoms with Crippen LogP contribution in [0.15, 0.2) is 35.8 Å². The molecule has 6 atom stereocenters. The van der Waals surface area contributed by atoms with Gasteiger partial charge in [-0.1, -0.05) is 18.9 Å². The fourth-order valence-corrected chi connectivity index (χ4v) is 7.23. The van der Waals surface area contributed by atoms with Gasteiger partial charge in [-0.05, 0) is 36.4 Å². The van der Waals surface area contributed by atoms with Crippen LogP contribution < -0.4 is 10.6 Å². The summed E-state index contributed by atoms with van der Waals surface area (Å²) in [6.45, 7) is -0.0132. The van der Waals surface area contributed by atoms with Gasteiger partial charge in [0.05, 0.1) is 4.88 Å². The van der Waals surface area contributed by atoms with Crippen molar-refractivity contribution < 1.29 is 39.0 Å². The molecule has 5 rings (SSSR count). The van der Waals surface area contributed by atoms with Crippen molar-refractivity contribution in [2.75, 3.05) is 13.1 Å². The molecule has 43 heavy (non-hydrogen) atoms. The van der Waals surface area contributed by atoms with Crippen molar-refractivity contribution in [3.63, 3.8) is 0 Å². The monoisotopic (exact) mass is 613 g/mol. The average Bonchev–Trinajstić information content (AvgIpc) is 3.79. The van der Waals surface area contributed by atoms with E-state index < -0.39 is 59.8 Å². The number of amides is 4. The molecule has 1 aliphatic carbocycles. The Labute approximate surface area is 251 Å². The molecule has 14 heteroatoms. The molecule has 0 unspecified atom stereocenters. The number of hydrogen-bond acceptors (Lipinski definition) is 7. The zero-order valence-electron chi connectivity index (χ0n) is 23.7. The largest absolute Gasteiger partial charge is 0.480 e. The second-order valence-corrected chi connectivity index (χ2v) is 12.4. The number of nitrogens with zero attached hydrogens (tertiary/aromatic N) is 3. The molecule has 2 aromatic rings. The Hall–Kier alpha value is -4.20. The summed E-state index contributed by atoms with van der Waals surface area (Å²) in [6.07, 6.45) is 3.85. The van der Waals surface area contributed by atoms with Crippen molar-refractivity contribution >= 4 is 46.9 Å². The first-order valence-corrected chi connectivity index (χ1v) is 15.3. The van der Waals surface area contributed by atoms with Gasteiger partial charge >= 0.3 is 11.9 Å². The number of carboxylic acid groups (broad SMARTS) is 2. The molecule has 3 fully saturated rings. The molecule has 13 nitrogen and oxygen atoms in total. The van der Waals surface area contributed by atoms with Crippen molar-refractivity contribution in [1.82, 2.24) is 25.0 Å². The van der Waals surface area contributed by atoms with Gasteiger partial charge in [0, 0.05) is 63.1 Å².